The van der Waals surface area contributed by atoms with Crippen LogP contribution < -0.4 is 10.6 Å². The fraction of sp³-hybridized carbons (Fsp3) is 0.200. The second-order valence-electron chi connectivity index (χ2n) is 6.05. The summed E-state index contributed by atoms with van der Waals surface area (Å²) in [5.41, 5.74) is 2.91. The molecule has 29 heavy (non-hydrogen) atoms. The van der Waals surface area contributed by atoms with Gasteiger partial charge < -0.3 is 19.9 Å². The third-order valence-corrected chi connectivity index (χ3v) is 4.54. The van der Waals surface area contributed by atoms with Crippen molar-refractivity contribution < 1.29 is 14.1 Å². The molecule has 0 spiro atoms. The topological polar surface area (TPSA) is 89.3 Å². The fourth-order valence-electron chi connectivity index (χ4n) is 2.56. The highest BCUT2D eigenvalue weighted by molar-refractivity contribution is 7.80. The first kappa shape index (κ1) is 20.8. The molecule has 0 fully saturated rings. The van der Waals surface area contributed by atoms with Gasteiger partial charge in [-0.25, -0.2) is 4.79 Å². The van der Waals surface area contributed by atoms with Crippen molar-refractivity contribution >= 4 is 40.6 Å². The van der Waals surface area contributed by atoms with Crippen molar-refractivity contribution in [3.05, 3.63) is 64.5 Å². The van der Waals surface area contributed by atoms with Crippen molar-refractivity contribution in [3.8, 4) is 11.4 Å². The van der Waals surface area contributed by atoms with E-state index in [2.05, 4.69) is 20.8 Å². The Hall–Kier alpha value is -2.97. The molecule has 0 bridgehead atoms. The molecule has 0 aliphatic rings. The summed E-state index contributed by atoms with van der Waals surface area (Å²) in [5.74, 6) is 0.466. The van der Waals surface area contributed by atoms with Crippen LogP contribution in [0.4, 0.5) is 5.69 Å². The van der Waals surface area contributed by atoms with Gasteiger partial charge in [-0.15, -0.1) is 0 Å². The molecule has 3 aromatic rings. The lowest BCUT2D eigenvalue weighted by Gasteiger charge is -2.10. The van der Waals surface area contributed by atoms with Crippen molar-refractivity contribution in [3.63, 3.8) is 0 Å². The highest BCUT2D eigenvalue weighted by atomic mass is 35.5. The van der Waals surface area contributed by atoms with Gasteiger partial charge in [0.1, 0.15) is 0 Å². The number of halogens is 1. The first-order valence-corrected chi connectivity index (χ1v) is 9.66. The van der Waals surface area contributed by atoms with Gasteiger partial charge in [0.2, 0.25) is 11.7 Å². The Morgan fingerprint density at radius 3 is 2.79 bits per heavy atom. The number of esters is 1. The smallest absolute Gasteiger partial charge is 0.339 e. The number of hydrogen-bond acceptors (Lipinski definition) is 6. The molecule has 0 saturated heterocycles. The number of aryl methyl sites for hydroxylation is 1. The normalized spacial score (nSPS) is 10.4. The molecule has 3 rings (SSSR count). The van der Waals surface area contributed by atoms with Crippen molar-refractivity contribution in [2.75, 3.05) is 11.9 Å². The maximum Gasteiger partial charge on any atom is 0.339 e. The summed E-state index contributed by atoms with van der Waals surface area (Å²) < 4.78 is 10.2. The van der Waals surface area contributed by atoms with E-state index in [1.165, 1.54) is 0 Å². The Morgan fingerprint density at radius 1 is 1.28 bits per heavy atom. The second kappa shape index (κ2) is 9.49. The molecule has 0 atom stereocenters. The van der Waals surface area contributed by atoms with Gasteiger partial charge >= 0.3 is 5.97 Å². The number of hydrogen-bond donors (Lipinski definition) is 2. The van der Waals surface area contributed by atoms with E-state index in [1.807, 2.05) is 31.2 Å². The minimum atomic E-state index is -0.467. The number of nitrogens with zero attached hydrogens (tertiary/aromatic N) is 2. The molecule has 0 saturated carbocycles. The lowest BCUT2D eigenvalue weighted by Crippen LogP contribution is -2.28. The Morgan fingerprint density at radius 2 is 2.07 bits per heavy atom. The van der Waals surface area contributed by atoms with Crippen molar-refractivity contribution in [1.82, 2.24) is 15.5 Å². The Labute approximate surface area is 178 Å². The zero-order valence-electron chi connectivity index (χ0n) is 15.9. The van der Waals surface area contributed by atoms with Gasteiger partial charge in [-0.3, -0.25) is 0 Å². The van der Waals surface area contributed by atoms with Gasteiger partial charge in [0, 0.05) is 11.3 Å². The quantitative estimate of drug-likeness (QED) is 0.440. The average molecular weight is 431 g/mol. The lowest BCUT2D eigenvalue weighted by molar-refractivity contribution is 0.0526. The van der Waals surface area contributed by atoms with Crippen LogP contribution in [0.1, 0.15) is 28.7 Å². The molecule has 7 nitrogen and oxygen atoms in total. The van der Waals surface area contributed by atoms with Gasteiger partial charge in [0.15, 0.2) is 5.11 Å². The van der Waals surface area contributed by atoms with E-state index in [0.29, 0.717) is 28.1 Å². The molecule has 0 radical (unpaired) electrons. The standard InChI is InChI=1S/C20H19ClN4O3S/c1-3-27-19(26)15-9-8-13(10-16(15)21)23-20(29)22-11-17-24-18(25-28-17)14-7-5-4-6-12(14)2/h4-10H,3,11H2,1-2H3,(H2,22,23,29). The molecule has 0 unspecified atom stereocenters. The van der Waals surface area contributed by atoms with Crippen LogP contribution in [-0.2, 0) is 11.3 Å². The minimum Gasteiger partial charge on any atom is -0.462 e. The first-order valence-electron chi connectivity index (χ1n) is 8.88. The molecule has 150 valence electrons. The van der Waals surface area contributed by atoms with Crippen LogP contribution in [-0.4, -0.2) is 27.8 Å². The summed E-state index contributed by atoms with van der Waals surface area (Å²) >= 11 is 11.4. The Bertz CT molecular complexity index is 1040. The van der Waals surface area contributed by atoms with Gasteiger partial charge in [0.05, 0.1) is 23.7 Å². The van der Waals surface area contributed by atoms with Crippen molar-refractivity contribution in [2.24, 2.45) is 0 Å². The number of benzene rings is 2. The SMILES string of the molecule is CCOC(=O)c1ccc(NC(=S)NCc2nc(-c3ccccc3C)no2)cc1Cl. The lowest BCUT2D eigenvalue weighted by atomic mass is 10.1. The molecule has 2 aromatic carbocycles. The summed E-state index contributed by atoms with van der Waals surface area (Å²) in [6.45, 7) is 4.27. The second-order valence-corrected chi connectivity index (χ2v) is 6.86. The van der Waals surface area contributed by atoms with E-state index < -0.39 is 5.97 Å². The molecule has 0 aliphatic carbocycles. The van der Waals surface area contributed by atoms with E-state index in [4.69, 9.17) is 33.1 Å². The molecule has 9 heteroatoms. The van der Waals surface area contributed by atoms with Gasteiger partial charge in [-0.2, -0.15) is 4.98 Å². The largest absolute Gasteiger partial charge is 0.462 e. The van der Waals surface area contributed by atoms with Crippen LogP contribution in [0.5, 0.6) is 0 Å². The van der Waals surface area contributed by atoms with Gasteiger partial charge in [-0.1, -0.05) is 41.0 Å². The van der Waals surface area contributed by atoms with Crippen LogP contribution in [0.25, 0.3) is 11.4 Å². The fourth-order valence-corrected chi connectivity index (χ4v) is 3.01. The van der Waals surface area contributed by atoms with E-state index in [0.717, 1.165) is 11.1 Å². The molecular weight excluding hydrogens is 412 g/mol. The molecule has 0 amide bonds. The molecular formula is C20H19ClN4O3S. The zero-order valence-corrected chi connectivity index (χ0v) is 17.4. The number of rotatable bonds is 6. The number of anilines is 1. The number of thiocarbonyl (C=S) groups is 1. The highest BCUT2D eigenvalue weighted by Gasteiger charge is 2.13. The number of carbonyl (C=O) groups excluding carboxylic acids is 1. The Kier molecular flexibility index (Phi) is 6.79. The average Bonchev–Trinajstić information content (AvgIpc) is 3.16. The van der Waals surface area contributed by atoms with Gasteiger partial charge in [-0.05, 0) is 49.8 Å². The molecule has 2 N–H and O–H groups in total. The summed E-state index contributed by atoms with van der Waals surface area (Å²) in [6, 6.07) is 12.7. The third kappa shape index (κ3) is 5.30. The predicted octanol–water partition coefficient (Wildman–Crippen LogP) is 4.36. The summed E-state index contributed by atoms with van der Waals surface area (Å²) in [5, 5.41) is 10.6. The van der Waals surface area contributed by atoms with E-state index in [-0.39, 0.29) is 18.2 Å². The van der Waals surface area contributed by atoms with Crippen LogP contribution in [0, 0.1) is 6.92 Å². The van der Waals surface area contributed by atoms with Crippen molar-refractivity contribution in [2.45, 2.75) is 20.4 Å². The van der Waals surface area contributed by atoms with Crippen molar-refractivity contribution in [1.29, 1.82) is 0 Å². The number of carbonyl (C=O) groups is 1. The van der Waals surface area contributed by atoms with E-state index >= 15 is 0 Å². The third-order valence-electron chi connectivity index (χ3n) is 3.98. The Balaban J connectivity index is 1.57. The monoisotopic (exact) mass is 430 g/mol. The van der Waals surface area contributed by atoms with E-state index in [1.54, 1.807) is 25.1 Å². The maximum absolute atomic E-state index is 11.8. The summed E-state index contributed by atoms with van der Waals surface area (Å²) in [4.78, 5) is 16.2. The van der Waals surface area contributed by atoms with Crippen LogP contribution >= 0.6 is 23.8 Å². The molecule has 1 heterocycles. The van der Waals surface area contributed by atoms with Crippen LogP contribution in [0.15, 0.2) is 47.0 Å². The predicted molar refractivity (Wildman–Crippen MR) is 115 cm³/mol. The van der Waals surface area contributed by atoms with E-state index in [9.17, 15) is 4.79 Å². The zero-order chi connectivity index (χ0) is 20.8. The highest BCUT2D eigenvalue weighted by Crippen LogP contribution is 2.22. The van der Waals surface area contributed by atoms with Gasteiger partial charge in [0.25, 0.3) is 0 Å². The summed E-state index contributed by atoms with van der Waals surface area (Å²) in [7, 11) is 0. The van der Waals surface area contributed by atoms with Crippen LogP contribution in [0.3, 0.4) is 0 Å². The molecule has 1 aromatic heterocycles. The summed E-state index contributed by atoms with van der Waals surface area (Å²) in [6.07, 6.45) is 0. The minimum absolute atomic E-state index is 0.263. The molecule has 0 aliphatic heterocycles. The first-order chi connectivity index (χ1) is 14.0. The maximum atomic E-state index is 11.8. The number of aromatic nitrogens is 2. The number of nitrogens with one attached hydrogen (secondary N) is 2. The van der Waals surface area contributed by atoms with Crippen LogP contribution in [0.2, 0.25) is 5.02 Å². The number of ether oxygens (including phenoxy) is 1.